The number of carbonyl (C=O) groups is 2. The molecule has 0 bridgehead atoms. The van der Waals surface area contributed by atoms with Gasteiger partial charge in [-0.15, -0.1) is 0 Å². The molecule has 0 spiro atoms. The Hall–Kier alpha value is -3.45. The number of amides is 2. The molecule has 2 aliphatic rings. The van der Waals surface area contributed by atoms with E-state index in [4.69, 9.17) is 0 Å². The molecule has 0 radical (unpaired) electrons. The summed E-state index contributed by atoms with van der Waals surface area (Å²) in [5.41, 5.74) is 6.01. The maximum absolute atomic E-state index is 12.8. The lowest BCUT2D eigenvalue weighted by atomic mass is 10.0. The fraction of sp³-hybridized carbons (Fsp3) is 0.370. The molecule has 5 rings (SSSR count). The van der Waals surface area contributed by atoms with Crippen LogP contribution in [-0.4, -0.2) is 54.9 Å². The lowest BCUT2D eigenvalue weighted by molar-refractivity contribution is -0.136. The quantitative estimate of drug-likeness (QED) is 0.574. The number of fused-ring (bicyclic) bond motifs is 2. The first-order valence-electron chi connectivity index (χ1n) is 12.0. The number of rotatable bonds is 5. The van der Waals surface area contributed by atoms with Gasteiger partial charge in [0, 0.05) is 36.9 Å². The van der Waals surface area contributed by atoms with Gasteiger partial charge in [-0.25, -0.2) is 0 Å². The Labute approximate surface area is 200 Å². The Morgan fingerprint density at radius 1 is 1.03 bits per heavy atom. The Balaban J connectivity index is 1.30. The number of para-hydroxylation sites is 1. The predicted octanol–water partition coefficient (Wildman–Crippen LogP) is 3.43. The smallest absolute Gasteiger partial charge is 0.313 e. The van der Waals surface area contributed by atoms with Crippen molar-refractivity contribution in [2.75, 3.05) is 43.4 Å². The Morgan fingerprint density at radius 3 is 2.65 bits per heavy atom. The molecule has 3 aromatic rings. The summed E-state index contributed by atoms with van der Waals surface area (Å²) in [5, 5.41) is 6.50. The van der Waals surface area contributed by atoms with E-state index < -0.39 is 11.8 Å². The van der Waals surface area contributed by atoms with Crippen molar-refractivity contribution in [1.29, 1.82) is 0 Å². The van der Waals surface area contributed by atoms with Gasteiger partial charge in [-0.05, 0) is 68.6 Å². The second kappa shape index (κ2) is 9.43. The minimum Gasteiger partial charge on any atom is -0.374 e. The van der Waals surface area contributed by atoms with Crippen molar-refractivity contribution in [3.8, 4) is 0 Å². The minimum atomic E-state index is -0.661. The van der Waals surface area contributed by atoms with Crippen molar-refractivity contribution >= 4 is 34.1 Å². The molecule has 1 aromatic heterocycles. The van der Waals surface area contributed by atoms with Gasteiger partial charge in [-0.1, -0.05) is 30.3 Å². The number of carbonyl (C=O) groups excluding carboxylic acids is 2. The predicted molar refractivity (Wildman–Crippen MR) is 135 cm³/mol. The summed E-state index contributed by atoms with van der Waals surface area (Å²) in [5.74, 6) is -1.28. The molecule has 7 heteroatoms. The molecule has 176 valence electrons. The number of nitrogens with one attached hydrogen (secondary N) is 2. The van der Waals surface area contributed by atoms with Gasteiger partial charge in [0.1, 0.15) is 0 Å². The Kier molecular flexibility index (Phi) is 6.20. The minimum absolute atomic E-state index is 0.0551. The van der Waals surface area contributed by atoms with Crippen LogP contribution in [0.4, 0.5) is 11.4 Å². The highest BCUT2D eigenvalue weighted by Gasteiger charge is 2.27. The summed E-state index contributed by atoms with van der Waals surface area (Å²) >= 11 is 0. The van der Waals surface area contributed by atoms with Gasteiger partial charge in [0.15, 0.2) is 0 Å². The van der Waals surface area contributed by atoms with Crippen LogP contribution < -0.4 is 15.5 Å². The molecule has 1 fully saturated rings. The molecule has 2 amide bonds. The largest absolute Gasteiger partial charge is 0.374 e. The van der Waals surface area contributed by atoms with Crippen molar-refractivity contribution < 1.29 is 9.59 Å². The average Bonchev–Trinajstić information content (AvgIpc) is 3.49. The Morgan fingerprint density at radius 2 is 1.82 bits per heavy atom. The second-order valence-electron chi connectivity index (χ2n) is 9.31. The van der Waals surface area contributed by atoms with E-state index in [1.54, 1.807) is 6.07 Å². The molecule has 1 saturated heterocycles. The van der Waals surface area contributed by atoms with E-state index in [1.165, 1.54) is 16.8 Å². The number of nitrogens with zero attached hydrogens (tertiary/aromatic N) is 3. The van der Waals surface area contributed by atoms with Crippen LogP contribution in [0.1, 0.15) is 35.7 Å². The molecule has 3 heterocycles. The topological polar surface area (TPSA) is 77.6 Å². The second-order valence-corrected chi connectivity index (χ2v) is 9.31. The maximum Gasteiger partial charge on any atom is 0.313 e. The molecule has 1 unspecified atom stereocenters. The summed E-state index contributed by atoms with van der Waals surface area (Å²) in [6, 6.07) is 16.1. The monoisotopic (exact) mass is 457 g/mol. The highest BCUT2D eigenvalue weighted by Crippen LogP contribution is 2.32. The third-order valence-electron chi connectivity index (χ3n) is 6.95. The molecular formula is C27H31N5O2. The van der Waals surface area contributed by atoms with E-state index in [0.29, 0.717) is 12.2 Å². The number of hydrogen-bond donors (Lipinski definition) is 2. The molecule has 2 aliphatic heterocycles. The summed E-state index contributed by atoms with van der Waals surface area (Å²) in [6.07, 6.45) is 3.36. The first-order chi connectivity index (χ1) is 16.5. The first kappa shape index (κ1) is 22.3. The zero-order valence-corrected chi connectivity index (χ0v) is 19.8. The van der Waals surface area contributed by atoms with Crippen LogP contribution in [0.2, 0.25) is 0 Å². The first-order valence-corrected chi connectivity index (χ1v) is 12.0. The highest BCUT2D eigenvalue weighted by molar-refractivity contribution is 6.40. The van der Waals surface area contributed by atoms with Crippen LogP contribution in [0.5, 0.6) is 0 Å². The summed E-state index contributed by atoms with van der Waals surface area (Å²) in [6.45, 7) is 5.32. The van der Waals surface area contributed by atoms with Crippen LogP contribution in [-0.2, 0) is 16.0 Å². The van der Waals surface area contributed by atoms with Gasteiger partial charge >= 0.3 is 11.8 Å². The van der Waals surface area contributed by atoms with Crippen LogP contribution >= 0.6 is 0 Å². The summed E-state index contributed by atoms with van der Waals surface area (Å²) in [7, 11) is 2.12. The SMILES string of the molecule is Cc1cc(NC(=O)C(=O)NCC(c2ccc3c(c2)CCN3C)N2CCCC2)c2ccccc2n1. The van der Waals surface area contributed by atoms with Crippen molar-refractivity contribution in [3.05, 3.63) is 65.4 Å². The lowest BCUT2D eigenvalue weighted by Crippen LogP contribution is -2.41. The fourth-order valence-corrected chi connectivity index (χ4v) is 5.16. The lowest BCUT2D eigenvalue weighted by Gasteiger charge is -2.28. The molecule has 2 N–H and O–H groups in total. The van der Waals surface area contributed by atoms with Crippen LogP contribution in [0.15, 0.2) is 48.5 Å². The normalized spacial score (nSPS) is 16.5. The van der Waals surface area contributed by atoms with E-state index in [9.17, 15) is 9.59 Å². The maximum atomic E-state index is 12.8. The number of aryl methyl sites for hydroxylation is 1. The van der Waals surface area contributed by atoms with Gasteiger partial charge in [-0.3, -0.25) is 19.5 Å². The molecule has 2 aromatic carbocycles. The molecule has 0 aliphatic carbocycles. The Bertz CT molecular complexity index is 1230. The number of benzene rings is 2. The fourth-order valence-electron chi connectivity index (χ4n) is 5.16. The van der Waals surface area contributed by atoms with Gasteiger partial charge in [-0.2, -0.15) is 0 Å². The average molecular weight is 458 g/mol. The molecule has 0 saturated carbocycles. The third-order valence-corrected chi connectivity index (χ3v) is 6.95. The molecule has 7 nitrogen and oxygen atoms in total. The van der Waals surface area contributed by atoms with Crippen molar-refractivity contribution in [2.24, 2.45) is 0 Å². The summed E-state index contributed by atoms with van der Waals surface area (Å²) in [4.78, 5) is 34.7. The number of likely N-dealkylation sites (N-methyl/N-ethyl adjacent to an activating group) is 1. The van der Waals surface area contributed by atoms with E-state index >= 15 is 0 Å². The number of pyridine rings is 1. The van der Waals surface area contributed by atoms with E-state index in [0.717, 1.165) is 55.5 Å². The van der Waals surface area contributed by atoms with Crippen LogP contribution in [0, 0.1) is 6.92 Å². The number of aromatic nitrogens is 1. The summed E-state index contributed by atoms with van der Waals surface area (Å²) < 4.78 is 0. The molecule has 34 heavy (non-hydrogen) atoms. The number of hydrogen-bond acceptors (Lipinski definition) is 5. The van der Waals surface area contributed by atoms with Gasteiger partial charge in [0.2, 0.25) is 0 Å². The molecular weight excluding hydrogens is 426 g/mol. The van der Waals surface area contributed by atoms with E-state index in [2.05, 4.69) is 50.7 Å². The molecule has 1 atom stereocenters. The van der Waals surface area contributed by atoms with Gasteiger partial charge in [0.25, 0.3) is 0 Å². The third kappa shape index (κ3) is 4.48. The number of anilines is 2. The standard InChI is InChI=1S/C27H31N5O2/c1-18-15-23(21-7-3-4-8-22(21)29-18)30-27(34)26(33)28-17-25(32-12-5-6-13-32)19-9-10-24-20(16-19)11-14-31(24)2/h3-4,7-10,15-16,25H,5-6,11-14,17H2,1-2H3,(H,28,33)(H,29,30,34). The van der Waals surface area contributed by atoms with Gasteiger partial charge < -0.3 is 15.5 Å². The van der Waals surface area contributed by atoms with Crippen LogP contribution in [0.3, 0.4) is 0 Å². The van der Waals surface area contributed by atoms with Gasteiger partial charge in [0.05, 0.1) is 17.2 Å². The number of likely N-dealkylation sites (tertiary alicyclic amines) is 1. The van der Waals surface area contributed by atoms with E-state index in [1.807, 2.05) is 31.2 Å². The highest BCUT2D eigenvalue weighted by atomic mass is 16.2. The zero-order valence-electron chi connectivity index (χ0n) is 19.8. The van der Waals surface area contributed by atoms with Crippen molar-refractivity contribution in [1.82, 2.24) is 15.2 Å². The zero-order chi connectivity index (χ0) is 23.7. The van der Waals surface area contributed by atoms with E-state index in [-0.39, 0.29) is 6.04 Å². The van der Waals surface area contributed by atoms with Crippen molar-refractivity contribution in [3.63, 3.8) is 0 Å². The van der Waals surface area contributed by atoms with Crippen molar-refractivity contribution in [2.45, 2.75) is 32.2 Å². The van der Waals surface area contributed by atoms with Crippen LogP contribution in [0.25, 0.3) is 10.9 Å².